The fourth-order valence-corrected chi connectivity index (χ4v) is 3.51. The van der Waals surface area contributed by atoms with Gasteiger partial charge in [-0.3, -0.25) is 9.59 Å². The quantitative estimate of drug-likeness (QED) is 0.685. The highest BCUT2D eigenvalue weighted by Crippen LogP contribution is 2.27. The number of carbonyl (C=O) groups is 2. The molecule has 0 bridgehead atoms. The molecule has 0 atom stereocenters. The molecule has 0 aliphatic carbocycles. The van der Waals surface area contributed by atoms with Crippen LogP contribution in [-0.4, -0.2) is 42.4 Å². The summed E-state index contributed by atoms with van der Waals surface area (Å²) in [6.45, 7) is 2.09. The van der Waals surface area contributed by atoms with Crippen LogP contribution in [0.2, 0.25) is 10.0 Å². The highest BCUT2D eigenvalue weighted by Gasteiger charge is 2.17. The summed E-state index contributed by atoms with van der Waals surface area (Å²) in [5.74, 6) is 0.209. The molecular weight excluding hydrogens is 397 g/mol. The molecule has 0 aliphatic heterocycles. The van der Waals surface area contributed by atoms with Crippen molar-refractivity contribution in [1.29, 1.82) is 0 Å². The van der Waals surface area contributed by atoms with Gasteiger partial charge in [0.1, 0.15) is 10.6 Å². The van der Waals surface area contributed by atoms with Crippen LogP contribution in [0, 0.1) is 6.92 Å². The number of hydrogen-bond acceptors (Lipinski definition) is 5. The number of aromatic nitrogens is 1. The molecule has 2 aromatic rings. The molecule has 2 rings (SSSR count). The summed E-state index contributed by atoms with van der Waals surface area (Å²) in [6.07, 6.45) is 0.777. The molecule has 6 nitrogen and oxygen atoms in total. The number of hydrogen-bond donors (Lipinski definition) is 1. The number of aryl methyl sites for hydroxylation is 1. The van der Waals surface area contributed by atoms with Crippen LogP contribution in [0.5, 0.6) is 5.75 Å². The Morgan fingerprint density at radius 1 is 1.31 bits per heavy atom. The topological polar surface area (TPSA) is 71.5 Å². The van der Waals surface area contributed by atoms with E-state index in [1.54, 1.807) is 39.2 Å². The number of nitrogens with one attached hydrogen (secondary N) is 1. The van der Waals surface area contributed by atoms with E-state index >= 15 is 0 Å². The molecule has 26 heavy (non-hydrogen) atoms. The van der Waals surface area contributed by atoms with Crippen LogP contribution in [0.25, 0.3) is 0 Å². The smallest absolute Gasteiger partial charge is 0.265 e. The molecule has 9 heteroatoms. The number of ether oxygens (including phenoxy) is 1. The van der Waals surface area contributed by atoms with Crippen molar-refractivity contribution in [2.45, 2.75) is 19.8 Å². The lowest BCUT2D eigenvalue weighted by atomic mass is 10.3. The zero-order valence-electron chi connectivity index (χ0n) is 14.6. The van der Waals surface area contributed by atoms with Crippen LogP contribution in [0.3, 0.4) is 0 Å². The van der Waals surface area contributed by atoms with E-state index in [4.69, 9.17) is 27.9 Å². The first kappa shape index (κ1) is 20.5. The van der Waals surface area contributed by atoms with E-state index in [1.807, 2.05) is 0 Å². The van der Waals surface area contributed by atoms with Crippen molar-refractivity contribution in [3.8, 4) is 5.75 Å². The maximum atomic E-state index is 12.0. The van der Waals surface area contributed by atoms with Crippen molar-refractivity contribution in [2.75, 3.05) is 26.0 Å². The lowest BCUT2D eigenvalue weighted by Gasteiger charge is -2.08. The van der Waals surface area contributed by atoms with Crippen LogP contribution < -0.4 is 10.1 Å². The van der Waals surface area contributed by atoms with Crippen molar-refractivity contribution in [3.05, 3.63) is 38.8 Å². The normalized spacial score (nSPS) is 10.5. The van der Waals surface area contributed by atoms with E-state index < -0.39 is 0 Å². The van der Waals surface area contributed by atoms with E-state index in [-0.39, 0.29) is 18.2 Å². The Kier molecular flexibility index (Phi) is 7.25. The lowest BCUT2D eigenvalue weighted by molar-refractivity contribution is -0.116. The average molecular weight is 416 g/mol. The minimum absolute atomic E-state index is 0.131. The predicted octanol–water partition coefficient (Wildman–Crippen LogP) is 4.26. The third-order valence-corrected chi connectivity index (χ3v) is 4.93. The third-order valence-electron chi connectivity index (χ3n) is 3.34. The Labute approximate surface area is 166 Å². The number of benzene rings is 1. The molecule has 0 saturated heterocycles. The van der Waals surface area contributed by atoms with Crippen molar-refractivity contribution < 1.29 is 14.3 Å². The number of carbonyl (C=O) groups excluding carboxylic acids is 2. The van der Waals surface area contributed by atoms with Gasteiger partial charge in [-0.2, -0.15) is 0 Å². The molecule has 0 saturated carbocycles. The Bertz CT molecular complexity index is 809. The fourth-order valence-electron chi connectivity index (χ4n) is 2.04. The Balaban J connectivity index is 1.80. The van der Waals surface area contributed by atoms with E-state index in [2.05, 4.69) is 10.3 Å². The SMILES string of the molecule is Cc1nc(NC(=O)CCCOc2ccc(Cl)cc2Cl)sc1C(=O)N(C)C. The third kappa shape index (κ3) is 5.59. The van der Waals surface area contributed by atoms with Crippen LogP contribution in [0.15, 0.2) is 18.2 Å². The van der Waals surface area contributed by atoms with Gasteiger partial charge in [-0.25, -0.2) is 4.98 Å². The molecule has 2 amide bonds. The number of thiazole rings is 1. The summed E-state index contributed by atoms with van der Waals surface area (Å²) >= 11 is 13.0. The summed E-state index contributed by atoms with van der Waals surface area (Å²) in [5.41, 5.74) is 0.602. The molecule has 140 valence electrons. The first-order valence-electron chi connectivity index (χ1n) is 7.84. The predicted molar refractivity (Wildman–Crippen MR) is 105 cm³/mol. The summed E-state index contributed by atoms with van der Waals surface area (Å²) in [4.78, 5) is 30.3. The minimum Gasteiger partial charge on any atom is -0.492 e. The summed E-state index contributed by atoms with van der Waals surface area (Å²) < 4.78 is 5.54. The van der Waals surface area contributed by atoms with E-state index in [0.29, 0.717) is 44.5 Å². The van der Waals surface area contributed by atoms with Gasteiger partial charge in [0.25, 0.3) is 5.91 Å². The van der Waals surface area contributed by atoms with Gasteiger partial charge >= 0.3 is 0 Å². The van der Waals surface area contributed by atoms with Gasteiger partial charge in [-0.15, -0.1) is 0 Å². The highest BCUT2D eigenvalue weighted by atomic mass is 35.5. The Morgan fingerprint density at radius 3 is 2.69 bits per heavy atom. The van der Waals surface area contributed by atoms with Crippen molar-refractivity contribution >= 4 is 51.5 Å². The molecule has 0 spiro atoms. The summed E-state index contributed by atoms with van der Waals surface area (Å²) in [5, 5.41) is 4.09. The van der Waals surface area contributed by atoms with Gasteiger partial charge in [0, 0.05) is 25.5 Å². The maximum Gasteiger partial charge on any atom is 0.265 e. The van der Waals surface area contributed by atoms with Crippen LogP contribution in [0.1, 0.15) is 28.2 Å². The number of rotatable bonds is 7. The monoisotopic (exact) mass is 415 g/mol. The van der Waals surface area contributed by atoms with Crippen molar-refractivity contribution in [1.82, 2.24) is 9.88 Å². The first-order valence-corrected chi connectivity index (χ1v) is 9.42. The van der Waals surface area contributed by atoms with Gasteiger partial charge in [-0.1, -0.05) is 34.5 Å². The second-order valence-corrected chi connectivity index (χ2v) is 7.55. The number of anilines is 1. The number of nitrogens with zero attached hydrogens (tertiary/aromatic N) is 2. The zero-order chi connectivity index (χ0) is 19.3. The van der Waals surface area contributed by atoms with Crippen LogP contribution >= 0.6 is 34.5 Å². The van der Waals surface area contributed by atoms with E-state index in [0.717, 1.165) is 0 Å². The Morgan fingerprint density at radius 2 is 2.04 bits per heavy atom. The van der Waals surface area contributed by atoms with Gasteiger partial charge in [0.2, 0.25) is 5.91 Å². The maximum absolute atomic E-state index is 12.0. The van der Waals surface area contributed by atoms with Crippen LogP contribution in [0.4, 0.5) is 5.13 Å². The van der Waals surface area contributed by atoms with E-state index in [9.17, 15) is 9.59 Å². The summed E-state index contributed by atoms with van der Waals surface area (Å²) in [7, 11) is 3.35. The molecule has 0 radical (unpaired) electrons. The zero-order valence-corrected chi connectivity index (χ0v) is 17.0. The van der Waals surface area contributed by atoms with E-state index in [1.165, 1.54) is 16.2 Å². The van der Waals surface area contributed by atoms with Crippen molar-refractivity contribution in [2.24, 2.45) is 0 Å². The molecule has 0 aliphatic rings. The van der Waals surface area contributed by atoms with Gasteiger partial charge in [0.15, 0.2) is 5.13 Å². The second kappa shape index (κ2) is 9.21. The molecule has 0 fully saturated rings. The average Bonchev–Trinajstić information content (AvgIpc) is 2.92. The van der Waals surface area contributed by atoms with Crippen molar-refractivity contribution in [3.63, 3.8) is 0 Å². The number of amides is 2. The molecule has 1 aromatic carbocycles. The lowest BCUT2D eigenvalue weighted by Crippen LogP contribution is -2.21. The molecular formula is C17H19Cl2N3O3S. The standard InChI is InChI=1S/C17H19Cl2N3O3S/c1-10-15(16(24)22(2)3)26-17(20-10)21-14(23)5-4-8-25-13-7-6-11(18)9-12(13)19/h6-7,9H,4-5,8H2,1-3H3,(H,20,21,23). The largest absolute Gasteiger partial charge is 0.492 e. The molecule has 1 N–H and O–H groups in total. The highest BCUT2D eigenvalue weighted by molar-refractivity contribution is 7.17. The summed E-state index contributed by atoms with van der Waals surface area (Å²) in [6, 6.07) is 4.97. The van der Waals surface area contributed by atoms with Crippen LogP contribution in [-0.2, 0) is 4.79 Å². The van der Waals surface area contributed by atoms with Gasteiger partial charge < -0.3 is 15.0 Å². The minimum atomic E-state index is -0.187. The Hall–Kier alpha value is -1.83. The second-order valence-electron chi connectivity index (χ2n) is 5.71. The molecule has 1 aromatic heterocycles. The molecule has 0 unspecified atom stereocenters. The van der Waals surface area contributed by atoms with Gasteiger partial charge in [-0.05, 0) is 31.5 Å². The first-order chi connectivity index (χ1) is 12.3. The van der Waals surface area contributed by atoms with Gasteiger partial charge in [0.05, 0.1) is 17.3 Å². The number of halogens is 2. The fraction of sp³-hybridized carbons (Fsp3) is 0.353. The molecule has 1 heterocycles.